The highest BCUT2D eigenvalue weighted by Gasteiger charge is 2.51. The Balaban J connectivity index is 1.21. The topological polar surface area (TPSA) is 82.4 Å². The van der Waals surface area contributed by atoms with E-state index in [1.807, 2.05) is 19.1 Å². The summed E-state index contributed by atoms with van der Waals surface area (Å²) in [5.74, 6) is -0.294. The molecule has 8 heteroatoms. The van der Waals surface area contributed by atoms with E-state index in [1.54, 1.807) is 21.9 Å². The monoisotopic (exact) mass is 429 g/mol. The summed E-state index contributed by atoms with van der Waals surface area (Å²) < 4.78 is 19.5. The van der Waals surface area contributed by atoms with Gasteiger partial charge >= 0.3 is 0 Å². The molecule has 1 aromatic rings. The van der Waals surface area contributed by atoms with E-state index in [4.69, 9.17) is 4.74 Å². The molecule has 5 rings (SSSR count). The zero-order chi connectivity index (χ0) is 21.8. The number of hydrogen-bond donors (Lipinski definition) is 1. The first-order chi connectivity index (χ1) is 14.8. The van der Waals surface area contributed by atoms with Crippen molar-refractivity contribution in [1.82, 2.24) is 9.80 Å². The van der Waals surface area contributed by atoms with Crippen molar-refractivity contribution in [3.8, 4) is 0 Å². The summed E-state index contributed by atoms with van der Waals surface area (Å²) in [6, 6.07) is 7.10. The SMILES string of the molecule is C[C@@H]1CN(C(=O)c2ccc(C3N=C4CCC(F)CC4O3)cc2)CCN1C(=O)C1(O)CC1. The fourth-order valence-electron chi connectivity index (χ4n) is 4.74. The van der Waals surface area contributed by atoms with Crippen molar-refractivity contribution in [3.63, 3.8) is 0 Å². The maximum absolute atomic E-state index is 13.6. The second kappa shape index (κ2) is 7.67. The first-order valence-corrected chi connectivity index (χ1v) is 11.1. The number of halogens is 1. The molecule has 2 saturated carbocycles. The van der Waals surface area contributed by atoms with Crippen LogP contribution in [0.15, 0.2) is 29.3 Å². The predicted octanol–water partition coefficient (Wildman–Crippen LogP) is 2.24. The van der Waals surface area contributed by atoms with Gasteiger partial charge in [0.25, 0.3) is 11.8 Å². The van der Waals surface area contributed by atoms with Crippen LogP contribution in [0.4, 0.5) is 4.39 Å². The summed E-state index contributed by atoms with van der Waals surface area (Å²) in [6.07, 6.45) is 1.08. The molecule has 1 aromatic carbocycles. The Labute approximate surface area is 180 Å². The van der Waals surface area contributed by atoms with E-state index in [9.17, 15) is 19.1 Å². The van der Waals surface area contributed by atoms with E-state index in [2.05, 4.69) is 4.99 Å². The molecule has 31 heavy (non-hydrogen) atoms. The number of hydrogen-bond acceptors (Lipinski definition) is 5. The highest BCUT2D eigenvalue weighted by molar-refractivity contribution is 5.95. The Morgan fingerprint density at radius 2 is 1.97 bits per heavy atom. The van der Waals surface area contributed by atoms with E-state index >= 15 is 0 Å². The number of carbonyl (C=O) groups is 2. The van der Waals surface area contributed by atoms with Crippen molar-refractivity contribution in [2.24, 2.45) is 4.99 Å². The van der Waals surface area contributed by atoms with Gasteiger partial charge in [-0.3, -0.25) is 14.6 Å². The maximum Gasteiger partial charge on any atom is 0.254 e. The Hall–Kier alpha value is -2.32. The minimum Gasteiger partial charge on any atom is -0.380 e. The number of benzene rings is 1. The molecule has 3 unspecified atom stereocenters. The van der Waals surface area contributed by atoms with Crippen LogP contribution in [0.3, 0.4) is 0 Å². The number of ether oxygens (including phenoxy) is 1. The predicted molar refractivity (Wildman–Crippen MR) is 112 cm³/mol. The molecular formula is C23H28FN3O4. The van der Waals surface area contributed by atoms with Crippen LogP contribution in [-0.4, -0.2) is 76.0 Å². The molecule has 1 saturated heterocycles. The summed E-state index contributed by atoms with van der Waals surface area (Å²) in [5, 5.41) is 10.1. The maximum atomic E-state index is 13.6. The molecule has 3 fully saturated rings. The van der Waals surface area contributed by atoms with Gasteiger partial charge in [0.2, 0.25) is 0 Å². The number of aliphatic imine (C=N–C) groups is 1. The van der Waals surface area contributed by atoms with Crippen molar-refractivity contribution in [1.29, 1.82) is 0 Å². The van der Waals surface area contributed by atoms with E-state index in [1.165, 1.54) is 0 Å². The minimum atomic E-state index is -1.18. The lowest BCUT2D eigenvalue weighted by atomic mass is 9.94. The van der Waals surface area contributed by atoms with Gasteiger partial charge in [-0.05, 0) is 44.7 Å². The van der Waals surface area contributed by atoms with Crippen LogP contribution in [0.5, 0.6) is 0 Å². The van der Waals surface area contributed by atoms with Crippen LogP contribution in [0.1, 0.15) is 61.2 Å². The second-order valence-electron chi connectivity index (χ2n) is 9.22. The first kappa shape index (κ1) is 20.6. The smallest absolute Gasteiger partial charge is 0.254 e. The van der Waals surface area contributed by atoms with Gasteiger partial charge in [-0.1, -0.05) is 12.1 Å². The lowest BCUT2D eigenvalue weighted by Crippen LogP contribution is -2.57. The zero-order valence-electron chi connectivity index (χ0n) is 17.7. The van der Waals surface area contributed by atoms with Crippen LogP contribution >= 0.6 is 0 Å². The molecule has 2 amide bonds. The summed E-state index contributed by atoms with van der Waals surface area (Å²) >= 11 is 0. The van der Waals surface area contributed by atoms with Gasteiger partial charge in [0, 0.05) is 48.9 Å². The first-order valence-electron chi connectivity index (χ1n) is 11.1. The summed E-state index contributed by atoms with van der Waals surface area (Å²) in [7, 11) is 0. The van der Waals surface area contributed by atoms with Crippen molar-refractivity contribution < 1.29 is 23.8 Å². The molecule has 4 atom stereocenters. The largest absolute Gasteiger partial charge is 0.380 e. The molecule has 0 radical (unpaired) electrons. The Morgan fingerprint density at radius 1 is 1.23 bits per heavy atom. The van der Waals surface area contributed by atoms with E-state index < -0.39 is 18.0 Å². The highest BCUT2D eigenvalue weighted by atomic mass is 19.1. The molecule has 0 aromatic heterocycles. The molecule has 2 heterocycles. The molecular weight excluding hydrogens is 401 g/mol. The van der Waals surface area contributed by atoms with E-state index in [-0.39, 0.29) is 24.0 Å². The number of nitrogens with zero attached hydrogens (tertiary/aromatic N) is 3. The summed E-state index contributed by atoms with van der Waals surface area (Å²) in [5.41, 5.74) is 1.19. The molecule has 7 nitrogen and oxygen atoms in total. The number of rotatable bonds is 3. The molecule has 0 bridgehead atoms. The Bertz CT molecular complexity index is 914. The number of amides is 2. The van der Waals surface area contributed by atoms with Crippen molar-refractivity contribution in [2.45, 2.75) is 69.2 Å². The zero-order valence-corrected chi connectivity index (χ0v) is 17.7. The molecule has 1 N–H and O–H groups in total. The van der Waals surface area contributed by atoms with Gasteiger partial charge in [0.1, 0.15) is 17.9 Å². The van der Waals surface area contributed by atoms with Crippen LogP contribution in [0, 0.1) is 0 Å². The molecule has 166 valence electrons. The number of alkyl halides is 1. The van der Waals surface area contributed by atoms with Crippen molar-refractivity contribution >= 4 is 17.5 Å². The standard InChI is InChI=1S/C23H28FN3O4/c1-14-13-26(10-11-27(14)22(29)23(30)8-9-23)21(28)16-4-2-15(3-5-16)20-25-18-7-6-17(24)12-19(18)31-20/h2-5,14,17,19-20,30H,6-13H2,1H3/t14-,17?,19?,20?/m1/s1. The van der Waals surface area contributed by atoms with Gasteiger partial charge in [0.15, 0.2) is 6.23 Å². The van der Waals surface area contributed by atoms with Gasteiger partial charge in [-0.2, -0.15) is 0 Å². The number of carbonyl (C=O) groups excluding carboxylic acids is 2. The second-order valence-corrected chi connectivity index (χ2v) is 9.22. The molecule has 4 aliphatic rings. The van der Waals surface area contributed by atoms with Gasteiger partial charge in [-0.25, -0.2) is 4.39 Å². The van der Waals surface area contributed by atoms with Crippen LogP contribution in [0.25, 0.3) is 0 Å². The average Bonchev–Trinajstić information content (AvgIpc) is 3.38. The minimum absolute atomic E-state index is 0.0803. The average molecular weight is 429 g/mol. The van der Waals surface area contributed by atoms with Crippen LogP contribution < -0.4 is 0 Å². The summed E-state index contributed by atoms with van der Waals surface area (Å²) in [4.78, 5) is 33.5. The lowest BCUT2D eigenvalue weighted by Gasteiger charge is -2.40. The van der Waals surface area contributed by atoms with Gasteiger partial charge in [-0.15, -0.1) is 0 Å². The fourth-order valence-corrected chi connectivity index (χ4v) is 4.74. The normalized spacial score (nSPS) is 31.8. The quantitative estimate of drug-likeness (QED) is 0.799. The van der Waals surface area contributed by atoms with Gasteiger partial charge in [0.05, 0.1) is 0 Å². The van der Waals surface area contributed by atoms with Crippen molar-refractivity contribution in [3.05, 3.63) is 35.4 Å². The van der Waals surface area contributed by atoms with E-state index in [0.29, 0.717) is 57.3 Å². The molecule has 2 aliphatic heterocycles. The third kappa shape index (κ3) is 3.87. The third-order valence-corrected chi connectivity index (χ3v) is 6.87. The number of fused-ring (bicyclic) bond motifs is 1. The van der Waals surface area contributed by atoms with Crippen molar-refractivity contribution in [2.75, 3.05) is 19.6 Å². The van der Waals surface area contributed by atoms with Crippen LogP contribution in [-0.2, 0) is 9.53 Å². The highest BCUT2D eigenvalue weighted by Crippen LogP contribution is 2.38. The fraction of sp³-hybridized carbons (Fsp3) is 0.609. The molecule has 0 spiro atoms. The lowest BCUT2D eigenvalue weighted by molar-refractivity contribution is -0.146. The summed E-state index contributed by atoms with van der Waals surface area (Å²) in [6.45, 7) is 3.22. The Morgan fingerprint density at radius 3 is 2.65 bits per heavy atom. The van der Waals surface area contributed by atoms with E-state index in [0.717, 1.165) is 11.3 Å². The molecule has 2 aliphatic carbocycles. The van der Waals surface area contributed by atoms with Crippen LogP contribution in [0.2, 0.25) is 0 Å². The number of aliphatic hydroxyl groups is 1. The third-order valence-electron chi connectivity index (χ3n) is 6.87. The number of piperazine rings is 1. The van der Waals surface area contributed by atoms with Gasteiger partial charge < -0.3 is 19.6 Å². The Kier molecular flexibility index (Phi) is 5.09.